The Bertz CT molecular complexity index is 1520. The topological polar surface area (TPSA) is 105 Å². The number of nitrogens with zero attached hydrogens (tertiary/aromatic N) is 2. The molecule has 0 aromatic heterocycles. The fourth-order valence-electron chi connectivity index (χ4n) is 4.40. The van der Waals surface area contributed by atoms with Crippen LogP contribution in [-0.4, -0.2) is 58.5 Å². The standard InChI is InChI=1S/C31H37Cl2N3O6S/c1-6-27(31(38)34-18-21(2)3)35(19-22-11-12-23(32)17-26(22)33)30(37)20-36(28-9-7-8-10-29(28)42-5)43(39,40)25-15-13-24(41-4)14-16-25/h7-17,21,27H,6,18-20H2,1-5H3,(H,34,38). The van der Waals surface area contributed by atoms with Crippen LogP contribution in [0, 0.1) is 5.92 Å². The molecule has 9 nitrogen and oxygen atoms in total. The van der Waals surface area contributed by atoms with Gasteiger partial charge in [0.2, 0.25) is 11.8 Å². The molecule has 3 rings (SSSR count). The summed E-state index contributed by atoms with van der Waals surface area (Å²) in [6.07, 6.45) is 0.279. The van der Waals surface area contributed by atoms with Crippen LogP contribution in [0.5, 0.6) is 11.5 Å². The first-order chi connectivity index (χ1) is 20.4. The van der Waals surface area contributed by atoms with Crippen molar-refractivity contribution in [3.05, 3.63) is 82.3 Å². The molecule has 0 radical (unpaired) electrons. The van der Waals surface area contributed by atoms with Gasteiger partial charge < -0.3 is 19.7 Å². The van der Waals surface area contributed by atoms with Crippen LogP contribution >= 0.6 is 23.2 Å². The molecule has 0 aliphatic carbocycles. The molecule has 0 saturated carbocycles. The number of anilines is 1. The molecule has 3 aromatic carbocycles. The highest BCUT2D eigenvalue weighted by Gasteiger charge is 2.35. The number of hydrogen-bond acceptors (Lipinski definition) is 6. The number of rotatable bonds is 14. The first-order valence-corrected chi connectivity index (χ1v) is 15.9. The van der Waals surface area contributed by atoms with Gasteiger partial charge in [-0.3, -0.25) is 13.9 Å². The zero-order valence-corrected chi connectivity index (χ0v) is 27.2. The van der Waals surface area contributed by atoms with E-state index in [1.54, 1.807) is 49.4 Å². The SMILES string of the molecule is CCC(C(=O)NCC(C)C)N(Cc1ccc(Cl)cc1Cl)C(=O)CN(c1ccccc1OC)S(=O)(=O)c1ccc(OC)cc1. The molecule has 0 aliphatic rings. The summed E-state index contributed by atoms with van der Waals surface area (Å²) in [5, 5.41) is 3.63. The molecule has 1 N–H and O–H groups in total. The second-order valence-corrected chi connectivity index (χ2v) is 12.9. The smallest absolute Gasteiger partial charge is 0.264 e. The Labute approximate surface area is 263 Å². The molecule has 43 heavy (non-hydrogen) atoms. The molecule has 0 saturated heterocycles. The quantitative estimate of drug-likeness (QED) is 0.237. The zero-order valence-electron chi connectivity index (χ0n) is 24.8. The van der Waals surface area contributed by atoms with Gasteiger partial charge in [0.15, 0.2) is 0 Å². The van der Waals surface area contributed by atoms with Crippen molar-refractivity contribution in [3.63, 3.8) is 0 Å². The van der Waals surface area contributed by atoms with Crippen LogP contribution in [0.2, 0.25) is 10.0 Å². The van der Waals surface area contributed by atoms with Crippen LogP contribution < -0.4 is 19.1 Å². The number of benzene rings is 3. The lowest BCUT2D eigenvalue weighted by molar-refractivity contribution is -0.140. The lowest BCUT2D eigenvalue weighted by atomic mass is 10.1. The minimum absolute atomic E-state index is 0.0508. The molecule has 0 bridgehead atoms. The summed E-state index contributed by atoms with van der Waals surface area (Å²) < 4.78 is 39.9. The average Bonchev–Trinajstić information content (AvgIpc) is 2.99. The summed E-state index contributed by atoms with van der Waals surface area (Å²) in [6.45, 7) is 5.46. The Hall–Kier alpha value is -3.47. The normalized spacial score (nSPS) is 12.0. The summed E-state index contributed by atoms with van der Waals surface area (Å²) in [4.78, 5) is 28.9. The van der Waals surface area contributed by atoms with E-state index in [0.29, 0.717) is 27.9 Å². The first kappa shape index (κ1) is 34.0. The van der Waals surface area contributed by atoms with Crippen LogP contribution in [0.3, 0.4) is 0 Å². The van der Waals surface area contributed by atoms with Gasteiger partial charge in [-0.1, -0.05) is 62.2 Å². The summed E-state index contributed by atoms with van der Waals surface area (Å²) in [7, 11) is -1.40. The van der Waals surface area contributed by atoms with E-state index in [0.717, 1.165) is 4.31 Å². The highest BCUT2D eigenvalue weighted by Crippen LogP contribution is 2.33. The Morgan fingerprint density at radius 3 is 2.21 bits per heavy atom. The van der Waals surface area contributed by atoms with Crippen molar-refractivity contribution in [2.45, 2.75) is 44.7 Å². The number of nitrogens with one attached hydrogen (secondary N) is 1. The van der Waals surface area contributed by atoms with Gasteiger partial charge in [0.1, 0.15) is 24.1 Å². The van der Waals surface area contributed by atoms with Crippen molar-refractivity contribution in [2.24, 2.45) is 5.92 Å². The third-order valence-corrected chi connectivity index (χ3v) is 9.07. The summed E-state index contributed by atoms with van der Waals surface area (Å²) in [5.41, 5.74) is 0.715. The van der Waals surface area contributed by atoms with Crippen LogP contribution in [0.4, 0.5) is 5.69 Å². The van der Waals surface area contributed by atoms with Gasteiger partial charge in [-0.15, -0.1) is 0 Å². The van der Waals surface area contributed by atoms with Crippen LogP contribution in [-0.2, 0) is 26.2 Å². The van der Waals surface area contributed by atoms with Crippen molar-refractivity contribution in [1.29, 1.82) is 0 Å². The number of hydrogen-bond donors (Lipinski definition) is 1. The minimum atomic E-state index is -4.29. The maximum Gasteiger partial charge on any atom is 0.264 e. The molecule has 0 aliphatic heterocycles. The Morgan fingerprint density at radius 1 is 0.953 bits per heavy atom. The molecule has 0 heterocycles. The third-order valence-electron chi connectivity index (χ3n) is 6.71. The second kappa shape index (κ2) is 15.3. The van der Waals surface area contributed by atoms with Crippen molar-refractivity contribution < 1.29 is 27.5 Å². The van der Waals surface area contributed by atoms with Gasteiger partial charge in [0.25, 0.3) is 10.0 Å². The van der Waals surface area contributed by atoms with Crippen molar-refractivity contribution in [3.8, 4) is 11.5 Å². The number of sulfonamides is 1. The van der Waals surface area contributed by atoms with E-state index in [4.69, 9.17) is 32.7 Å². The van der Waals surface area contributed by atoms with E-state index in [1.165, 1.54) is 43.4 Å². The summed E-state index contributed by atoms with van der Waals surface area (Å²) >= 11 is 12.6. The molecule has 1 atom stereocenters. The third kappa shape index (κ3) is 8.55. The number of halogens is 2. The molecular weight excluding hydrogens is 613 g/mol. The van der Waals surface area contributed by atoms with Gasteiger partial charge in [-0.25, -0.2) is 8.42 Å². The number of carbonyl (C=O) groups is 2. The molecule has 1 unspecified atom stereocenters. The minimum Gasteiger partial charge on any atom is -0.497 e. The summed E-state index contributed by atoms with van der Waals surface area (Å²) in [5.74, 6) is -0.0477. The highest BCUT2D eigenvalue weighted by molar-refractivity contribution is 7.92. The van der Waals surface area contributed by atoms with E-state index < -0.39 is 28.5 Å². The van der Waals surface area contributed by atoms with Gasteiger partial charge in [0.05, 0.1) is 24.8 Å². The maximum atomic E-state index is 14.2. The van der Waals surface area contributed by atoms with Crippen molar-refractivity contribution in [2.75, 3.05) is 31.6 Å². The molecule has 232 valence electrons. The predicted molar refractivity (Wildman–Crippen MR) is 169 cm³/mol. The zero-order chi connectivity index (χ0) is 31.7. The predicted octanol–water partition coefficient (Wildman–Crippen LogP) is 5.79. The van der Waals surface area contributed by atoms with Crippen molar-refractivity contribution >= 4 is 50.7 Å². The number of carbonyl (C=O) groups excluding carboxylic acids is 2. The molecule has 2 amide bonds. The molecule has 3 aromatic rings. The largest absolute Gasteiger partial charge is 0.497 e. The van der Waals surface area contributed by atoms with Gasteiger partial charge in [-0.2, -0.15) is 0 Å². The van der Waals surface area contributed by atoms with E-state index in [1.807, 2.05) is 13.8 Å². The van der Waals surface area contributed by atoms with Gasteiger partial charge in [0, 0.05) is 23.1 Å². The fourth-order valence-corrected chi connectivity index (χ4v) is 6.29. The lowest BCUT2D eigenvalue weighted by Crippen LogP contribution is -2.52. The van der Waals surface area contributed by atoms with Gasteiger partial charge in [-0.05, 0) is 66.4 Å². The maximum absolute atomic E-state index is 14.2. The fraction of sp³-hybridized carbons (Fsp3) is 0.355. The second-order valence-electron chi connectivity index (χ2n) is 10.2. The Morgan fingerprint density at radius 2 is 1.63 bits per heavy atom. The number of ether oxygens (including phenoxy) is 2. The number of amides is 2. The molecule has 12 heteroatoms. The Kier molecular flexibility index (Phi) is 12.1. The van der Waals surface area contributed by atoms with Gasteiger partial charge >= 0.3 is 0 Å². The molecule has 0 fully saturated rings. The van der Waals surface area contributed by atoms with Crippen LogP contribution in [0.1, 0.15) is 32.8 Å². The van der Waals surface area contributed by atoms with E-state index >= 15 is 0 Å². The number of methoxy groups -OCH3 is 2. The van der Waals surface area contributed by atoms with E-state index in [9.17, 15) is 18.0 Å². The highest BCUT2D eigenvalue weighted by atomic mass is 35.5. The summed E-state index contributed by atoms with van der Waals surface area (Å²) in [6, 6.07) is 16.3. The first-order valence-electron chi connectivity index (χ1n) is 13.7. The average molecular weight is 651 g/mol. The lowest BCUT2D eigenvalue weighted by Gasteiger charge is -2.33. The molecule has 0 spiro atoms. The van der Waals surface area contributed by atoms with Crippen molar-refractivity contribution in [1.82, 2.24) is 10.2 Å². The Balaban J connectivity index is 2.11. The van der Waals surface area contributed by atoms with E-state index in [2.05, 4.69) is 5.32 Å². The van der Waals surface area contributed by atoms with Crippen LogP contribution in [0.15, 0.2) is 71.6 Å². The molecular formula is C31H37Cl2N3O6S. The monoisotopic (exact) mass is 649 g/mol. The van der Waals surface area contributed by atoms with E-state index in [-0.39, 0.29) is 41.1 Å². The number of para-hydroxylation sites is 2. The van der Waals surface area contributed by atoms with Crippen LogP contribution in [0.25, 0.3) is 0 Å².